The zero-order valence-electron chi connectivity index (χ0n) is 24.1. The molecule has 0 aliphatic carbocycles. The van der Waals surface area contributed by atoms with Gasteiger partial charge in [-0.3, -0.25) is 28.7 Å². The van der Waals surface area contributed by atoms with E-state index in [-0.39, 0.29) is 6.07 Å². The third-order valence-electron chi connectivity index (χ3n) is 5.75. The zero-order chi connectivity index (χ0) is 33.6. The predicted octanol–water partition coefficient (Wildman–Crippen LogP) is 1.58. The summed E-state index contributed by atoms with van der Waals surface area (Å²) < 4.78 is 83.7. The van der Waals surface area contributed by atoms with Crippen molar-refractivity contribution in [1.82, 2.24) is 15.4 Å². The molecule has 0 aliphatic rings. The molecule has 0 fully saturated rings. The summed E-state index contributed by atoms with van der Waals surface area (Å²) in [6, 6.07) is 3.14. The fourth-order valence-electron chi connectivity index (χ4n) is 3.65. The molecule has 0 radical (unpaired) electrons. The number of Topliss-reactive ketones (excluding diaryl/α,β-unsaturated/α-hetero) is 1. The smallest absolute Gasteiger partial charge is 0.313 e. The summed E-state index contributed by atoms with van der Waals surface area (Å²) in [5.41, 5.74) is 0.650. The standard InChI is InChI=1S/C27H30F4N4O8S/c1-13(32-25(39)26(40)33-17-9-7-6-8-14(17)27(2,3)4)24(38)34-18(11-20(37)35-44(5,41)42)19(36)12-43-23-21(30)15(28)10-16(29)22(23)31/h6-10,13,18H,11-12H2,1-5H3,(H,32,39)(H,33,40)(H,34,38)(H,35,37)/t13-,18-/m0/s1. The molecule has 2 aromatic carbocycles. The molecule has 0 spiro atoms. The maximum absolute atomic E-state index is 13.9. The van der Waals surface area contributed by atoms with E-state index in [2.05, 4.69) is 15.4 Å². The highest BCUT2D eigenvalue weighted by atomic mass is 32.2. The average molecular weight is 647 g/mol. The first-order chi connectivity index (χ1) is 20.2. The number of carbonyl (C=O) groups excluding carboxylic acids is 5. The molecule has 17 heteroatoms. The van der Waals surface area contributed by atoms with Crippen molar-refractivity contribution < 1.29 is 54.7 Å². The van der Waals surface area contributed by atoms with Crippen molar-refractivity contribution in [3.63, 3.8) is 0 Å². The SMILES string of the molecule is C[C@H](NC(=O)C(=O)Nc1ccccc1C(C)(C)C)C(=O)N[C@@H](CC(=O)NS(C)(=O)=O)C(=O)COc1c(F)c(F)cc(F)c1F. The fraction of sp³-hybridized carbons (Fsp3) is 0.370. The van der Waals surface area contributed by atoms with Gasteiger partial charge in [0.1, 0.15) is 12.6 Å². The van der Waals surface area contributed by atoms with Gasteiger partial charge >= 0.3 is 11.8 Å². The van der Waals surface area contributed by atoms with E-state index in [1.165, 1.54) is 0 Å². The Morgan fingerprint density at radius 3 is 2.02 bits per heavy atom. The van der Waals surface area contributed by atoms with Crippen LogP contribution in [-0.2, 0) is 39.4 Å². The van der Waals surface area contributed by atoms with Crippen molar-refractivity contribution in [2.75, 3.05) is 18.2 Å². The highest BCUT2D eigenvalue weighted by Crippen LogP contribution is 2.29. The summed E-state index contributed by atoms with van der Waals surface area (Å²) in [7, 11) is -4.12. The van der Waals surface area contributed by atoms with E-state index < -0.39 is 99.0 Å². The first kappa shape index (κ1) is 35.7. The molecule has 2 atom stereocenters. The molecular weight excluding hydrogens is 616 g/mol. The number of halogens is 4. The van der Waals surface area contributed by atoms with Gasteiger partial charge < -0.3 is 20.7 Å². The zero-order valence-corrected chi connectivity index (χ0v) is 25.0. The Labute approximate surface area is 250 Å². The highest BCUT2D eigenvalue weighted by molar-refractivity contribution is 7.89. The first-order valence-corrected chi connectivity index (χ1v) is 14.6. The van der Waals surface area contributed by atoms with Crippen LogP contribution in [0.4, 0.5) is 23.2 Å². The molecule has 0 unspecified atom stereocenters. The van der Waals surface area contributed by atoms with E-state index in [0.717, 1.165) is 6.92 Å². The number of hydrogen-bond acceptors (Lipinski definition) is 8. The average Bonchev–Trinajstić information content (AvgIpc) is 2.89. The Kier molecular flexibility index (Phi) is 11.6. The third kappa shape index (κ3) is 10.0. The first-order valence-electron chi connectivity index (χ1n) is 12.7. The number of hydrogen-bond donors (Lipinski definition) is 4. The normalized spacial score (nSPS) is 12.8. The Morgan fingerprint density at radius 1 is 0.909 bits per heavy atom. The van der Waals surface area contributed by atoms with Crippen molar-refractivity contribution >= 4 is 45.1 Å². The number of nitrogens with one attached hydrogen (secondary N) is 4. The van der Waals surface area contributed by atoms with Gasteiger partial charge in [-0.25, -0.2) is 17.2 Å². The lowest BCUT2D eigenvalue weighted by Gasteiger charge is -2.23. The number of rotatable bonds is 11. The lowest BCUT2D eigenvalue weighted by Crippen LogP contribution is -2.53. The molecule has 0 saturated heterocycles. The molecule has 4 N–H and O–H groups in total. The number of benzene rings is 2. The largest absolute Gasteiger partial charge is 0.479 e. The second-order valence-corrected chi connectivity index (χ2v) is 12.3. The van der Waals surface area contributed by atoms with Crippen LogP contribution < -0.4 is 25.4 Å². The Bertz CT molecular complexity index is 1550. The minimum atomic E-state index is -4.12. The second kappa shape index (κ2) is 14.3. The van der Waals surface area contributed by atoms with Gasteiger partial charge in [-0.15, -0.1) is 0 Å². The summed E-state index contributed by atoms with van der Waals surface area (Å²) >= 11 is 0. The van der Waals surface area contributed by atoms with Gasteiger partial charge in [0.2, 0.25) is 33.5 Å². The van der Waals surface area contributed by atoms with Crippen LogP contribution in [0.25, 0.3) is 0 Å². The molecular formula is C27H30F4N4O8S. The van der Waals surface area contributed by atoms with Crippen molar-refractivity contribution in [3.05, 3.63) is 59.2 Å². The van der Waals surface area contributed by atoms with Gasteiger partial charge in [-0.1, -0.05) is 39.0 Å². The molecule has 2 rings (SSSR count). The number of carbonyl (C=O) groups is 5. The lowest BCUT2D eigenvalue weighted by atomic mass is 9.86. The van der Waals surface area contributed by atoms with Gasteiger partial charge in [-0.2, -0.15) is 8.78 Å². The van der Waals surface area contributed by atoms with Gasteiger partial charge in [0.15, 0.2) is 23.2 Å². The van der Waals surface area contributed by atoms with Crippen LogP contribution in [0.1, 0.15) is 39.7 Å². The van der Waals surface area contributed by atoms with E-state index in [9.17, 15) is 50.0 Å². The Morgan fingerprint density at radius 2 is 1.48 bits per heavy atom. The molecule has 0 heterocycles. The minimum Gasteiger partial charge on any atom is -0.479 e. The Hall–Kier alpha value is -4.54. The number of anilines is 1. The van der Waals surface area contributed by atoms with Gasteiger partial charge in [-0.05, 0) is 24.0 Å². The number of sulfonamides is 1. The van der Waals surface area contributed by atoms with Crippen LogP contribution >= 0.6 is 0 Å². The van der Waals surface area contributed by atoms with Gasteiger partial charge in [0.25, 0.3) is 0 Å². The third-order valence-corrected chi connectivity index (χ3v) is 6.35. The molecule has 240 valence electrons. The van der Waals surface area contributed by atoms with Crippen LogP contribution in [-0.4, -0.2) is 62.8 Å². The Balaban J connectivity index is 2.16. The fourth-order valence-corrected chi connectivity index (χ4v) is 4.15. The van der Waals surface area contributed by atoms with Crippen LogP contribution in [0, 0.1) is 23.3 Å². The maximum atomic E-state index is 13.9. The molecule has 2 aromatic rings. The predicted molar refractivity (Wildman–Crippen MR) is 148 cm³/mol. The van der Waals surface area contributed by atoms with E-state index in [1.54, 1.807) is 29.0 Å². The maximum Gasteiger partial charge on any atom is 0.313 e. The van der Waals surface area contributed by atoms with Crippen molar-refractivity contribution in [2.45, 2.75) is 51.6 Å². The molecule has 0 aliphatic heterocycles. The summed E-state index contributed by atoms with van der Waals surface area (Å²) in [5.74, 6) is -15.3. The van der Waals surface area contributed by atoms with E-state index in [1.807, 2.05) is 26.1 Å². The number of amides is 4. The minimum absolute atomic E-state index is 0.100. The summed E-state index contributed by atoms with van der Waals surface area (Å²) in [5, 5.41) is 6.57. The van der Waals surface area contributed by atoms with Crippen molar-refractivity contribution in [3.8, 4) is 5.75 Å². The monoisotopic (exact) mass is 646 g/mol. The number of ketones is 1. The van der Waals surface area contributed by atoms with Crippen LogP contribution in [0.5, 0.6) is 5.75 Å². The number of para-hydroxylation sites is 1. The summed E-state index contributed by atoms with van der Waals surface area (Å²) in [6.45, 7) is 5.41. The summed E-state index contributed by atoms with van der Waals surface area (Å²) in [4.78, 5) is 62.7. The molecule has 0 bridgehead atoms. The van der Waals surface area contributed by atoms with Crippen LogP contribution in [0.15, 0.2) is 30.3 Å². The van der Waals surface area contributed by atoms with Crippen LogP contribution in [0.2, 0.25) is 0 Å². The molecule has 0 saturated carbocycles. The molecule has 44 heavy (non-hydrogen) atoms. The molecule has 12 nitrogen and oxygen atoms in total. The van der Waals surface area contributed by atoms with Crippen molar-refractivity contribution in [2.24, 2.45) is 0 Å². The molecule has 4 amide bonds. The van der Waals surface area contributed by atoms with E-state index >= 15 is 0 Å². The quantitative estimate of drug-likeness (QED) is 0.162. The van der Waals surface area contributed by atoms with E-state index in [0.29, 0.717) is 17.5 Å². The topological polar surface area (TPSA) is 177 Å². The summed E-state index contributed by atoms with van der Waals surface area (Å²) in [6.07, 6.45) is -0.426. The lowest BCUT2D eigenvalue weighted by molar-refractivity contribution is -0.138. The molecule has 0 aromatic heterocycles. The van der Waals surface area contributed by atoms with Crippen LogP contribution in [0.3, 0.4) is 0 Å². The second-order valence-electron chi connectivity index (χ2n) is 10.6. The highest BCUT2D eigenvalue weighted by Gasteiger charge is 2.30. The van der Waals surface area contributed by atoms with Crippen molar-refractivity contribution in [1.29, 1.82) is 0 Å². The van der Waals surface area contributed by atoms with Gasteiger partial charge in [0.05, 0.1) is 18.7 Å². The number of ether oxygens (including phenoxy) is 1. The van der Waals surface area contributed by atoms with E-state index in [4.69, 9.17) is 0 Å². The van der Waals surface area contributed by atoms with Gasteiger partial charge in [0, 0.05) is 11.8 Å².